The summed E-state index contributed by atoms with van der Waals surface area (Å²) in [5.41, 5.74) is 1.40. The molecule has 1 aromatic rings. The summed E-state index contributed by atoms with van der Waals surface area (Å²) >= 11 is 3.60. The Hall–Kier alpha value is -0.380. The third-order valence-electron chi connectivity index (χ3n) is 4.29. The van der Waals surface area contributed by atoms with E-state index in [0.29, 0.717) is 6.04 Å². The van der Waals surface area contributed by atoms with Crippen LogP contribution in [0.15, 0.2) is 28.7 Å². The molecule has 0 amide bonds. The predicted octanol–water partition coefficient (Wildman–Crippen LogP) is 4.61. The van der Waals surface area contributed by atoms with Gasteiger partial charge in [0.2, 0.25) is 0 Å². The molecule has 118 valence electrons. The van der Waals surface area contributed by atoms with Crippen LogP contribution < -0.4 is 5.32 Å². The third kappa shape index (κ3) is 6.09. The van der Waals surface area contributed by atoms with E-state index in [1.807, 2.05) is 0 Å². The van der Waals surface area contributed by atoms with Crippen molar-refractivity contribution in [3.8, 4) is 0 Å². The van der Waals surface area contributed by atoms with Crippen molar-refractivity contribution in [1.82, 2.24) is 10.2 Å². The first kappa shape index (κ1) is 17.0. The highest BCUT2D eigenvalue weighted by atomic mass is 79.9. The van der Waals surface area contributed by atoms with Crippen LogP contribution in [0.5, 0.6) is 0 Å². The normalized spacial score (nSPS) is 16.4. The molecule has 0 bridgehead atoms. The van der Waals surface area contributed by atoms with Gasteiger partial charge >= 0.3 is 0 Å². The highest BCUT2D eigenvalue weighted by Crippen LogP contribution is 2.30. The molecule has 0 radical (unpaired) electrons. The van der Waals surface area contributed by atoms with Crippen molar-refractivity contribution in [2.75, 3.05) is 26.2 Å². The van der Waals surface area contributed by atoms with Crippen LogP contribution in [0.4, 0.5) is 0 Å². The van der Waals surface area contributed by atoms with E-state index in [-0.39, 0.29) is 0 Å². The second-order valence-corrected chi connectivity index (χ2v) is 7.10. The molecule has 21 heavy (non-hydrogen) atoms. The van der Waals surface area contributed by atoms with Crippen molar-refractivity contribution >= 4 is 15.9 Å². The Bertz CT molecular complexity index is 417. The van der Waals surface area contributed by atoms with Gasteiger partial charge in [0.1, 0.15) is 0 Å². The fourth-order valence-electron chi connectivity index (χ4n) is 2.78. The van der Waals surface area contributed by atoms with Crippen molar-refractivity contribution in [3.63, 3.8) is 0 Å². The molecule has 0 aromatic heterocycles. The van der Waals surface area contributed by atoms with Gasteiger partial charge in [-0.05, 0) is 68.9 Å². The van der Waals surface area contributed by atoms with Crippen LogP contribution in [0.25, 0.3) is 0 Å². The molecule has 1 atom stereocenters. The van der Waals surface area contributed by atoms with Gasteiger partial charge in [-0.3, -0.25) is 0 Å². The maximum atomic E-state index is 3.71. The van der Waals surface area contributed by atoms with Crippen LogP contribution in [-0.4, -0.2) is 31.1 Å². The lowest BCUT2D eigenvalue weighted by molar-refractivity contribution is 0.259. The average Bonchev–Trinajstić information content (AvgIpc) is 3.30. The minimum absolute atomic E-state index is 0.468. The van der Waals surface area contributed by atoms with Crippen molar-refractivity contribution in [3.05, 3.63) is 34.3 Å². The highest BCUT2D eigenvalue weighted by Gasteiger charge is 2.24. The molecular formula is C18H29BrN2. The number of nitrogens with zero attached hydrogens (tertiary/aromatic N) is 1. The van der Waals surface area contributed by atoms with E-state index in [1.165, 1.54) is 55.4 Å². The molecular weight excluding hydrogens is 324 g/mol. The predicted molar refractivity (Wildman–Crippen MR) is 94.6 cm³/mol. The second kappa shape index (κ2) is 8.92. The first-order chi connectivity index (χ1) is 10.2. The van der Waals surface area contributed by atoms with Gasteiger partial charge < -0.3 is 10.2 Å². The maximum Gasteiger partial charge on any atom is 0.0332 e. The summed E-state index contributed by atoms with van der Waals surface area (Å²) in [6.45, 7) is 9.28. The standard InChI is InChI=1S/C18H29BrN2/c1-3-11-20-18(16-6-5-7-17(19)13-16)10-12-21(4-2)14-15-8-9-15/h5-7,13,15,18,20H,3-4,8-12,14H2,1-2H3. The SMILES string of the molecule is CCCNC(CCN(CC)CC1CC1)c1cccc(Br)c1. The second-order valence-electron chi connectivity index (χ2n) is 6.19. The van der Waals surface area contributed by atoms with Crippen LogP contribution in [0, 0.1) is 5.92 Å². The molecule has 1 aliphatic rings. The Morgan fingerprint density at radius 2 is 2.14 bits per heavy atom. The molecule has 0 spiro atoms. The fraction of sp³-hybridized carbons (Fsp3) is 0.667. The van der Waals surface area contributed by atoms with E-state index in [4.69, 9.17) is 0 Å². The Morgan fingerprint density at radius 1 is 1.33 bits per heavy atom. The Kier molecular flexibility index (Phi) is 7.21. The van der Waals surface area contributed by atoms with Crippen LogP contribution >= 0.6 is 15.9 Å². The number of rotatable bonds is 10. The summed E-state index contributed by atoms with van der Waals surface area (Å²) in [5.74, 6) is 0.984. The first-order valence-electron chi connectivity index (χ1n) is 8.44. The molecule has 1 N–H and O–H groups in total. The lowest BCUT2D eigenvalue weighted by atomic mass is 10.0. The van der Waals surface area contributed by atoms with Crippen molar-refractivity contribution in [2.45, 2.75) is 45.6 Å². The molecule has 0 heterocycles. The number of benzene rings is 1. The van der Waals surface area contributed by atoms with Gasteiger partial charge in [0.25, 0.3) is 0 Å². The topological polar surface area (TPSA) is 15.3 Å². The van der Waals surface area contributed by atoms with Gasteiger partial charge in [-0.1, -0.05) is 41.9 Å². The average molecular weight is 353 g/mol. The van der Waals surface area contributed by atoms with Crippen molar-refractivity contribution < 1.29 is 0 Å². The Morgan fingerprint density at radius 3 is 2.76 bits per heavy atom. The summed E-state index contributed by atoms with van der Waals surface area (Å²) in [5, 5.41) is 3.71. The third-order valence-corrected chi connectivity index (χ3v) is 4.78. The number of nitrogens with one attached hydrogen (secondary N) is 1. The summed E-state index contributed by atoms with van der Waals surface area (Å²) in [6, 6.07) is 9.21. The van der Waals surface area contributed by atoms with Crippen LogP contribution in [0.2, 0.25) is 0 Å². The molecule has 3 heteroatoms. The Labute approximate surface area is 138 Å². The zero-order valence-electron chi connectivity index (χ0n) is 13.4. The molecule has 0 aliphatic heterocycles. The summed E-state index contributed by atoms with van der Waals surface area (Å²) in [7, 11) is 0. The molecule has 2 nitrogen and oxygen atoms in total. The molecule has 2 rings (SSSR count). The van der Waals surface area contributed by atoms with Gasteiger partial charge in [-0.15, -0.1) is 0 Å². The van der Waals surface area contributed by atoms with Gasteiger partial charge in [0.15, 0.2) is 0 Å². The minimum Gasteiger partial charge on any atom is -0.310 e. The highest BCUT2D eigenvalue weighted by molar-refractivity contribution is 9.10. The maximum absolute atomic E-state index is 3.71. The number of halogens is 1. The number of hydrogen-bond donors (Lipinski definition) is 1. The minimum atomic E-state index is 0.468. The van der Waals surface area contributed by atoms with Crippen LogP contribution in [-0.2, 0) is 0 Å². The van der Waals surface area contributed by atoms with E-state index in [2.05, 4.69) is 64.3 Å². The monoisotopic (exact) mass is 352 g/mol. The quantitative estimate of drug-likeness (QED) is 0.661. The van der Waals surface area contributed by atoms with E-state index in [1.54, 1.807) is 0 Å². The zero-order valence-corrected chi connectivity index (χ0v) is 15.0. The van der Waals surface area contributed by atoms with Gasteiger partial charge in [-0.2, -0.15) is 0 Å². The molecule has 1 aromatic carbocycles. The van der Waals surface area contributed by atoms with E-state index in [9.17, 15) is 0 Å². The molecule has 1 unspecified atom stereocenters. The van der Waals surface area contributed by atoms with E-state index < -0.39 is 0 Å². The van der Waals surface area contributed by atoms with Crippen LogP contribution in [0.3, 0.4) is 0 Å². The Balaban J connectivity index is 1.91. The van der Waals surface area contributed by atoms with E-state index >= 15 is 0 Å². The fourth-order valence-corrected chi connectivity index (χ4v) is 3.20. The zero-order chi connectivity index (χ0) is 15.1. The summed E-state index contributed by atoms with van der Waals surface area (Å²) in [4.78, 5) is 2.62. The molecule has 1 saturated carbocycles. The molecule has 1 aliphatic carbocycles. The van der Waals surface area contributed by atoms with Crippen LogP contribution in [0.1, 0.15) is 51.1 Å². The summed E-state index contributed by atoms with van der Waals surface area (Å²) in [6.07, 6.45) is 5.26. The van der Waals surface area contributed by atoms with Crippen molar-refractivity contribution in [2.24, 2.45) is 5.92 Å². The van der Waals surface area contributed by atoms with Gasteiger partial charge in [-0.25, -0.2) is 0 Å². The summed E-state index contributed by atoms with van der Waals surface area (Å²) < 4.78 is 1.17. The molecule has 0 saturated heterocycles. The van der Waals surface area contributed by atoms with Crippen molar-refractivity contribution in [1.29, 1.82) is 0 Å². The lowest BCUT2D eigenvalue weighted by Gasteiger charge is -2.25. The largest absolute Gasteiger partial charge is 0.310 e. The number of hydrogen-bond acceptors (Lipinski definition) is 2. The van der Waals surface area contributed by atoms with Gasteiger partial charge in [0, 0.05) is 17.1 Å². The first-order valence-corrected chi connectivity index (χ1v) is 9.23. The molecule has 1 fully saturated rings. The smallest absolute Gasteiger partial charge is 0.0332 e. The van der Waals surface area contributed by atoms with Gasteiger partial charge in [0.05, 0.1) is 0 Å². The lowest BCUT2D eigenvalue weighted by Crippen LogP contribution is -2.31. The van der Waals surface area contributed by atoms with E-state index in [0.717, 1.165) is 12.5 Å².